The van der Waals surface area contributed by atoms with E-state index in [1.54, 1.807) is 12.4 Å². The van der Waals surface area contributed by atoms with Gasteiger partial charge in [-0.2, -0.15) is 0 Å². The molecule has 0 fully saturated rings. The first-order chi connectivity index (χ1) is 8.50. The lowest BCUT2D eigenvalue weighted by Crippen LogP contribution is -2.32. The summed E-state index contributed by atoms with van der Waals surface area (Å²) in [6.45, 7) is 3.99. The monoisotopic (exact) mass is 250 g/mol. The molecular weight excluding hydrogens is 232 g/mol. The standard InChI is InChI=1S/C13H18N2O3/c1-9(2)13(10-4-3-7-14-8-10)15-11(16)5-6-12(17)18/h3-4,7-9,13H,5-6H2,1-2H3,(H,15,16)(H,17,18)/t13-/m0/s1. The van der Waals surface area contributed by atoms with Crippen LogP contribution in [-0.2, 0) is 9.59 Å². The zero-order chi connectivity index (χ0) is 13.5. The number of nitrogens with one attached hydrogen (secondary N) is 1. The van der Waals surface area contributed by atoms with Crippen molar-refractivity contribution in [2.75, 3.05) is 0 Å². The third-order valence-electron chi connectivity index (χ3n) is 2.59. The van der Waals surface area contributed by atoms with Crippen LogP contribution in [0.4, 0.5) is 0 Å². The van der Waals surface area contributed by atoms with Gasteiger partial charge in [0.1, 0.15) is 0 Å². The summed E-state index contributed by atoms with van der Waals surface area (Å²) in [6, 6.07) is 3.57. The Hall–Kier alpha value is -1.91. The quantitative estimate of drug-likeness (QED) is 0.806. The number of amides is 1. The van der Waals surface area contributed by atoms with E-state index in [4.69, 9.17) is 5.11 Å². The molecule has 0 unspecified atom stereocenters. The van der Waals surface area contributed by atoms with Gasteiger partial charge < -0.3 is 10.4 Å². The molecule has 0 saturated carbocycles. The van der Waals surface area contributed by atoms with Crippen molar-refractivity contribution in [3.63, 3.8) is 0 Å². The van der Waals surface area contributed by atoms with Crippen molar-refractivity contribution < 1.29 is 14.7 Å². The minimum absolute atomic E-state index is 0.00118. The summed E-state index contributed by atoms with van der Waals surface area (Å²) in [6.07, 6.45) is 3.23. The molecule has 0 radical (unpaired) electrons. The number of aromatic nitrogens is 1. The molecular formula is C13H18N2O3. The first kappa shape index (κ1) is 14.2. The fourth-order valence-corrected chi connectivity index (χ4v) is 1.66. The maximum Gasteiger partial charge on any atom is 0.303 e. The molecule has 0 spiro atoms. The lowest BCUT2D eigenvalue weighted by atomic mass is 9.97. The van der Waals surface area contributed by atoms with Gasteiger partial charge in [0.05, 0.1) is 12.5 Å². The van der Waals surface area contributed by atoms with Gasteiger partial charge >= 0.3 is 5.97 Å². The van der Waals surface area contributed by atoms with E-state index in [0.29, 0.717) is 0 Å². The first-order valence-electron chi connectivity index (χ1n) is 5.91. The molecule has 2 N–H and O–H groups in total. The minimum atomic E-state index is -0.965. The zero-order valence-electron chi connectivity index (χ0n) is 10.6. The van der Waals surface area contributed by atoms with Crippen molar-refractivity contribution in [3.8, 4) is 0 Å². The van der Waals surface area contributed by atoms with E-state index >= 15 is 0 Å². The second-order valence-corrected chi connectivity index (χ2v) is 4.47. The zero-order valence-corrected chi connectivity index (χ0v) is 10.6. The van der Waals surface area contributed by atoms with E-state index in [2.05, 4.69) is 10.3 Å². The van der Waals surface area contributed by atoms with E-state index in [-0.39, 0.29) is 30.7 Å². The Morgan fingerprint density at radius 1 is 1.39 bits per heavy atom. The van der Waals surface area contributed by atoms with Gasteiger partial charge in [-0.15, -0.1) is 0 Å². The number of pyridine rings is 1. The SMILES string of the molecule is CC(C)[C@H](NC(=O)CCC(=O)O)c1cccnc1. The molecule has 1 aromatic heterocycles. The highest BCUT2D eigenvalue weighted by atomic mass is 16.4. The normalized spacial score (nSPS) is 12.2. The van der Waals surface area contributed by atoms with Gasteiger partial charge in [-0.25, -0.2) is 0 Å². The molecule has 5 heteroatoms. The second kappa shape index (κ2) is 6.74. The molecule has 18 heavy (non-hydrogen) atoms. The maximum absolute atomic E-state index is 11.6. The number of nitrogens with zero attached hydrogens (tertiary/aromatic N) is 1. The Morgan fingerprint density at radius 2 is 2.11 bits per heavy atom. The third-order valence-corrected chi connectivity index (χ3v) is 2.59. The van der Waals surface area contributed by atoms with Crippen LogP contribution in [0.3, 0.4) is 0 Å². The van der Waals surface area contributed by atoms with Crippen molar-refractivity contribution in [1.82, 2.24) is 10.3 Å². The Labute approximate surface area is 106 Å². The molecule has 0 saturated heterocycles. The maximum atomic E-state index is 11.6. The molecule has 1 rings (SSSR count). The van der Waals surface area contributed by atoms with Gasteiger partial charge in [0, 0.05) is 18.8 Å². The van der Waals surface area contributed by atoms with E-state index in [1.165, 1.54) is 0 Å². The highest BCUT2D eigenvalue weighted by Crippen LogP contribution is 2.20. The molecule has 98 valence electrons. The lowest BCUT2D eigenvalue weighted by molar-refractivity contribution is -0.139. The number of rotatable bonds is 6. The fraction of sp³-hybridized carbons (Fsp3) is 0.462. The van der Waals surface area contributed by atoms with Gasteiger partial charge in [0.25, 0.3) is 0 Å². The van der Waals surface area contributed by atoms with E-state index in [9.17, 15) is 9.59 Å². The van der Waals surface area contributed by atoms with Gasteiger partial charge in [-0.1, -0.05) is 19.9 Å². The van der Waals surface area contributed by atoms with Crippen molar-refractivity contribution in [3.05, 3.63) is 30.1 Å². The first-order valence-corrected chi connectivity index (χ1v) is 5.91. The highest BCUT2D eigenvalue weighted by molar-refractivity contribution is 5.80. The third kappa shape index (κ3) is 4.53. The summed E-state index contributed by atoms with van der Waals surface area (Å²) in [5.74, 6) is -1.00. The number of carboxylic acids is 1. The predicted molar refractivity (Wildman–Crippen MR) is 66.8 cm³/mol. The van der Waals surface area contributed by atoms with E-state index in [1.807, 2.05) is 26.0 Å². The van der Waals surface area contributed by atoms with Gasteiger partial charge in [-0.3, -0.25) is 14.6 Å². The Balaban J connectivity index is 2.64. The number of carbonyl (C=O) groups is 2. The average Bonchev–Trinajstić information content (AvgIpc) is 2.34. The molecule has 1 atom stereocenters. The smallest absolute Gasteiger partial charge is 0.303 e. The van der Waals surface area contributed by atoms with Crippen molar-refractivity contribution in [2.24, 2.45) is 5.92 Å². The lowest BCUT2D eigenvalue weighted by Gasteiger charge is -2.22. The van der Waals surface area contributed by atoms with Crippen LogP contribution in [0.5, 0.6) is 0 Å². The van der Waals surface area contributed by atoms with Crippen LogP contribution in [0.1, 0.15) is 38.3 Å². The number of hydrogen-bond donors (Lipinski definition) is 2. The molecule has 1 heterocycles. The molecule has 0 aliphatic carbocycles. The van der Waals surface area contributed by atoms with Gasteiger partial charge in [0.2, 0.25) is 5.91 Å². The van der Waals surface area contributed by atoms with E-state index in [0.717, 1.165) is 5.56 Å². The van der Waals surface area contributed by atoms with Gasteiger partial charge in [-0.05, 0) is 17.5 Å². The van der Waals surface area contributed by atoms with Crippen LogP contribution in [0.15, 0.2) is 24.5 Å². The van der Waals surface area contributed by atoms with Crippen LogP contribution < -0.4 is 5.32 Å². The number of carboxylic acid groups (broad SMARTS) is 1. The van der Waals surface area contributed by atoms with Crippen molar-refractivity contribution in [2.45, 2.75) is 32.7 Å². The van der Waals surface area contributed by atoms with Crippen LogP contribution in [0.25, 0.3) is 0 Å². The number of carbonyl (C=O) groups excluding carboxylic acids is 1. The highest BCUT2D eigenvalue weighted by Gasteiger charge is 2.18. The summed E-state index contributed by atoms with van der Waals surface area (Å²) in [5, 5.41) is 11.4. The molecule has 0 bridgehead atoms. The van der Waals surface area contributed by atoms with E-state index < -0.39 is 5.97 Å². The summed E-state index contributed by atoms with van der Waals surface area (Å²) in [5.41, 5.74) is 0.927. The Bertz CT molecular complexity index is 404. The van der Waals surface area contributed by atoms with Crippen molar-refractivity contribution in [1.29, 1.82) is 0 Å². The molecule has 0 aliphatic rings. The predicted octanol–water partition coefficient (Wildman–Crippen LogP) is 1.76. The fourth-order valence-electron chi connectivity index (χ4n) is 1.66. The van der Waals surface area contributed by atoms with Crippen LogP contribution in [-0.4, -0.2) is 22.0 Å². The number of aliphatic carboxylic acids is 1. The minimum Gasteiger partial charge on any atom is -0.481 e. The summed E-state index contributed by atoms with van der Waals surface area (Å²) in [4.78, 5) is 26.1. The molecule has 1 amide bonds. The Morgan fingerprint density at radius 3 is 2.61 bits per heavy atom. The average molecular weight is 250 g/mol. The molecule has 5 nitrogen and oxygen atoms in total. The largest absolute Gasteiger partial charge is 0.481 e. The summed E-state index contributed by atoms with van der Waals surface area (Å²) in [7, 11) is 0. The summed E-state index contributed by atoms with van der Waals surface area (Å²) >= 11 is 0. The topological polar surface area (TPSA) is 79.3 Å². The van der Waals surface area contributed by atoms with Crippen LogP contribution in [0, 0.1) is 5.92 Å². The van der Waals surface area contributed by atoms with Crippen molar-refractivity contribution >= 4 is 11.9 Å². The molecule has 1 aromatic rings. The summed E-state index contributed by atoms with van der Waals surface area (Å²) < 4.78 is 0. The van der Waals surface area contributed by atoms with Gasteiger partial charge in [0.15, 0.2) is 0 Å². The van der Waals surface area contributed by atoms with Crippen LogP contribution in [0.2, 0.25) is 0 Å². The molecule has 0 aliphatic heterocycles. The second-order valence-electron chi connectivity index (χ2n) is 4.47. The van der Waals surface area contributed by atoms with Crippen LogP contribution >= 0.6 is 0 Å². The molecule has 0 aromatic carbocycles. The Kier molecular flexibility index (Phi) is 5.30. The number of hydrogen-bond acceptors (Lipinski definition) is 3.